The highest BCUT2D eigenvalue weighted by molar-refractivity contribution is 7.80. The molecule has 0 spiro atoms. The highest BCUT2D eigenvalue weighted by atomic mass is 32.1. The third-order valence-corrected chi connectivity index (χ3v) is 9.03. The summed E-state index contributed by atoms with van der Waals surface area (Å²) in [5.74, 6) is 2.23. The van der Waals surface area contributed by atoms with Gasteiger partial charge in [0.1, 0.15) is 0 Å². The first kappa shape index (κ1) is 21.3. The van der Waals surface area contributed by atoms with Gasteiger partial charge >= 0.3 is 0 Å². The Kier molecular flexibility index (Phi) is 6.37. The minimum atomic E-state index is 0.187. The molecule has 3 aliphatic carbocycles. The van der Waals surface area contributed by atoms with Gasteiger partial charge in [0.2, 0.25) is 0 Å². The van der Waals surface area contributed by atoms with E-state index in [1.54, 1.807) is 5.56 Å². The molecule has 0 amide bonds. The van der Waals surface area contributed by atoms with Gasteiger partial charge in [-0.3, -0.25) is 0 Å². The summed E-state index contributed by atoms with van der Waals surface area (Å²) in [7, 11) is 0. The number of nitrogens with two attached hydrogens (primary N) is 1. The van der Waals surface area contributed by atoms with Crippen molar-refractivity contribution in [2.45, 2.75) is 89.5 Å². The Bertz CT molecular complexity index is 696. The van der Waals surface area contributed by atoms with Crippen LogP contribution in [0.2, 0.25) is 0 Å². The van der Waals surface area contributed by atoms with Crippen molar-refractivity contribution in [1.29, 1.82) is 0 Å². The molecule has 0 aliphatic heterocycles. The van der Waals surface area contributed by atoms with Gasteiger partial charge in [-0.1, -0.05) is 62.8 Å². The number of hydrogen-bond donors (Lipinski definition) is 2. The topological polar surface area (TPSA) is 38.0 Å². The molecule has 4 atom stereocenters. The lowest BCUT2D eigenvalue weighted by Gasteiger charge is -2.57. The molecule has 160 valence electrons. The molecule has 0 radical (unpaired) electrons. The van der Waals surface area contributed by atoms with E-state index in [1.807, 2.05) is 0 Å². The van der Waals surface area contributed by atoms with Crippen LogP contribution in [-0.4, -0.2) is 17.6 Å². The van der Waals surface area contributed by atoms with Gasteiger partial charge in [-0.2, -0.15) is 0 Å². The van der Waals surface area contributed by atoms with E-state index < -0.39 is 0 Å². The zero-order valence-electron chi connectivity index (χ0n) is 18.5. The lowest BCUT2D eigenvalue weighted by molar-refractivity contribution is 0.0335. The lowest BCUT2D eigenvalue weighted by Crippen LogP contribution is -2.56. The van der Waals surface area contributed by atoms with Gasteiger partial charge in [-0.15, -0.1) is 0 Å². The second-order valence-corrected chi connectivity index (χ2v) is 11.1. The highest BCUT2D eigenvalue weighted by Gasteiger charge is 2.55. The largest absolute Gasteiger partial charge is 0.376 e. The van der Waals surface area contributed by atoms with Gasteiger partial charge in [-0.25, -0.2) is 0 Å². The van der Waals surface area contributed by atoms with Crippen molar-refractivity contribution in [3.63, 3.8) is 0 Å². The number of hydrogen-bond acceptors (Lipinski definition) is 2. The summed E-state index contributed by atoms with van der Waals surface area (Å²) in [4.78, 5) is 1.19. The first-order valence-electron chi connectivity index (χ1n) is 12.0. The summed E-state index contributed by atoms with van der Waals surface area (Å²) in [6, 6.07) is 11.9. The van der Waals surface area contributed by atoms with Gasteiger partial charge in [0.05, 0.1) is 4.99 Å². The molecule has 2 nitrogen and oxygen atoms in total. The molecule has 3 aliphatic rings. The van der Waals surface area contributed by atoms with E-state index in [2.05, 4.69) is 49.5 Å². The monoisotopic (exact) mass is 412 g/mol. The second kappa shape index (κ2) is 8.67. The SMILES string of the molecule is CCC1CC2(C(=S)N[C@H]3CC[C@H](CN)CC3)CC(C)CC(c3ccccc3)(C1)C2. The van der Waals surface area contributed by atoms with Crippen molar-refractivity contribution in [1.82, 2.24) is 5.32 Å². The van der Waals surface area contributed by atoms with E-state index in [0.29, 0.717) is 11.5 Å². The molecule has 2 bridgehead atoms. The van der Waals surface area contributed by atoms with Gasteiger partial charge < -0.3 is 11.1 Å². The fourth-order valence-electron chi connectivity index (χ4n) is 7.25. The summed E-state index contributed by atoms with van der Waals surface area (Å²) in [6.45, 7) is 5.69. The molecule has 0 aromatic heterocycles. The fourth-order valence-corrected chi connectivity index (χ4v) is 7.66. The molecule has 1 aromatic rings. The van der Waals surface area contributed by atoms with Gasteiger partial charge in [-0.05, 0) is 93.1 Å². The minimum Gasteiger partial charge on any atom is -0.376 e. The van der Waals surface area contributed by atoms with Crippen molar-refractivity contribution >= 4 is 17.2 Å². The molecule has 29 heavy (non-hydrogen) atoms. The molecule has 0 saturated heterocycles. The normalized spacial score (nSPS) is 39.7. The Hall–Kier alpha value is -0.930. The quantitative estimate of drug-likeness (QED) is 0.584. The van der Waals surface area contributed by atoms with E-state index >= 15 is 0 Å². The maximum Gasteiger partial charge on any atom is 0.0818 e. The van der Waals surface area contributed by atoms with Crippen molar-refractivity contribution in [3.8, 4) is 0 Å². The molecule has 0 heterocycles. The predicted molar refractivity (Wildman–Crippen MR) is 127 cm³/mol. The van der Waals surface area contributed by atoms with Crippen LogP contribution < -0.4 is 11.1 Å². The average Bonchev–Trinajstić information content (AvgIpc) is 2.74. The molecule has 1 aromatic carbocycles. The maximum atomic E-state index is 6.23. The van der Waals surface area contributed by atoms with Crippen LogP contribution in [0.15, 0.2) is 30.3 Å². The molecular weight excluding hydrogens is 372 g/mol. The number of thiocarbonyl (C=S) groups is 1. The first-order chi connectivity index (χ1) is 14.0. The molecule has 4 unspecified atom stereocenters. The van der Waals surface area contributed by atoms with Crippen LogP contribution in [0.1, 0.15) is 83.6 Å². The van der Waals surface area contributed by atoms with Gasteiger partial charge in [0, 0.05) is 11.5 Å². The Balaban J connectivity index is 1.58. The fraction of sp³-hybridized carbons (Fsp3) is 0.731. The van der Waals surface area contributed by atoms with Crippen LogP contribution in [0.5, 0.6) is 0 Å². The van der Waals surface area contributed by atoms with E-state index in [0.717, 1.165) is 24.3 Å². The second-order valence-electron chi connectivity index (χ2n) is 10.7. The van der Waals surface area contributed by atoms with Crippen molar-refractivity contribution < 1.29 is 0 Å². The van der Waals surface area contributed by atoms with Crippen LogP contribution in [-0.2, 0) is 5.41 Å². The van der Waals surface area contributed by atoms with Gasteiger partial charge in [0.25, 0.3) is 0 Å². The molecular formula is C26H40N2S. The molecule has 3 saturated carbocycles. The minimum absolute atomic E-state index is 0.187. The number of rotatable bonds is 5. The Morgan fingerprint density at radius 2 is 1.76 bits per heavy atom. The van der Waals surface area contributed by atoms with Crippen molar-refractivity contribution in [2.24, 2.45) is 28.9 Å². The van der Waals surface area contributed by atoms with Crippen LogP contribution >= 0.6 is 12.2 Å². The molecule has 4 rings (SSSR count). The zero-order valence-corrected chi connectivity index (χ0v) is 19.3. The summed E-state index contributed by atoms with van der Waals surface area (Å²) in [5.41, 5.74) is 7.95. The Morgan fingerprint density at radius 3 is 2.41 bits per heavy atom. The predicted octanol–water partition coefficient (Wildman–Crippen LogP) is 5.99. The first-order valence-corrected chi connectivity index (χ1v) is 12.5. The molecule has 3 N–H and O–H groups in total. The van der Waals surface area contributed by atoms with Crippen molar-refractivity contribution in [3.05, 3.63) is 35.9 Å². The molecule has 3 heteroatoms. The van der Waals surface area contributed by atoms with Crippen molar-refractivity contribution in [2.75, 3.05) is 6.54 Å². The number of benzene rings is 1. The van der Waals surface area contributed by atoms with Crippen LogP contribution in [0.3, 0.4) is 0 Å². The Labute approximate surface area is 183 Å². The highest BCUT2D eigenvalue weighted by Crippen LogP contribution is 2.60. The molecule has 3 fully saturated rings. The smallest absolute Gasteiger partial charge is 0.0818 e. The number of fused-ring (bicyclic) bond motifs is 2. The van der Waals surface area contributed by atoms with E-state index in [-0.39, 0.29) is 5.41 Å². The maximum absolute atomic E-state index is 6.23. The van der Waals surface area contributed by atoms with Crippen LogP contribution in [0.4, 0.5) is 0 Å². The number of nitrogens with one attached hydrogen (secondary N) is 1. The summed E-state index contributed by atoms with van der Waals surface area (Å²) in [6.07, 6.45) is 12.7. The van der Waals surface area contributed by atoms with E-state index in [1.165, 1.54) is 69.2 Å². The standard InChI is InChI=1S/C26H40N2S/c1-3-20-15-25(22-7-5-4-6-8-22)13-19(2)14-26(16-20,18-25)24(29)28-23-11-9-21(17-27)10-12-23/h4-8,19-21,23H,3,9-18,27H2,1-2H3,(H,28,29)/t19?,20?,21-,23-,25?,26?. The summed E-state index contributed by atoms with van der Waals surface area (Å²) >= 11 is 6.23. The Morgan fingerprint density at radius 1 is 1.03 bits per heavy atom. The average molecular weight is 413 g/mol. The van der Waals surface area contributed by atoms with E-state index in [9.17, 15) is 0 Å². The summed E-state index contributed by atoms with van der Waals surface area (Å²) < 4.78 is 0. The third kappa shape index (κ3) is 4.28. The van der Waals surface area contributed by atoms with Crippen LogP contribution in [0, 0.1) is 23.2 Å². The third-order valence-electron chi connectivity index (χ3n) is 8.47. The van der Waals surface area contributed by atoms with Gasteiger partial charge in [0.15, 0.2) is 0 Å². The van der Waals surface area contributed by atoms with E-state index in [4.69, 9.17) is 18.0 Å². The summed E-state index contributed by atoms with van der Waals surface area (Å²) in [5, 5.41) is 3.90. The lowest BCUT2D eigenvalue weighted by atomic mass is 9.48. The zero-order chi connectivity index (χ0) is 20.5. The van der Waals surface area contributed by atoms with Crippen LogP contribution in [0.25, 0.3) is 0 Å².